The van der Waals surface area contributed by atoms with Crippen LogP contribution in [0, 0.1) is 5.82 Å². The van der Waals surface area contributed by atoms with Crippen LogP contribution in [-0.4, -0.2) is 40.4 Å². The number of hydrogen-bond donors (Lipinski definition) is 2. The third-order valence-electron chi connectivity index (χ3n) is 5.13. The molecule has 7 heteroatoms. The van der Waals surface area contributed by atoms with E-state index in [1.54, 1.807) is 24.4 Å². The number of para-hydroxylation sites is 1. The first kappa shape index (κ1) is 20.0. The van der Waals surface area contributed by atoms with Crippen LogP contribution >= 0.6 is 0 Å². The Morgan fingerprint density at radius 1 is 1.07 bits per heavy atom. The number of likely N-dealkylation sites (tertiary alicyclic amines) is 1. The van der Waals surface area contributed by atoms with Crippen molar-refractivity contribution in [2.45, 2.75) is 18.8 Å². The lowest BCUT2D eigenvalue weighted by molar-refractivity contribution is -0.117. The highest BCUT2D eigenvalue weighted by atomic mass is 19.1. The largest absolute Gasteiger partial charge is 0.325 e. The third kappa shape index (κ3) is 5.18. The first-order valence-corrected chi connectivity index (χ1v) is 10.1. The summed E-state index contributed by atoms with van der Waals surface area (Å²) in [5, 5.41) is 5.88. The Balaban J connectivity index is 1.37. The Labute approximate surface area is 175 Å². The van der Waals surface area contributed by atoms with Crippen molar-refractivity contribution in [1.29, 1.82) is 0 Å². The fourth-order valence-electron chi connectivity index (χ4n) is 3.71. The fourth-order valence-corrected chi connectivity index (χ4v) is 3.71. The van der Waals surface area contributed by atoms with E-state index in [-0.39, 0.29) is 24.1 Å². The van der Waals surface area contributed by atoms with E-state index in [2.05, 4.69) is 20.5 Å². The lowest BCUT2D eigenvalue weighted by atomic mass is 9.94. The maximum atomic E-state index is 13.8. The number of carbonyl (C=O) groups excluding carboxylic acids is 1. The van der Waals surface area contributed by atoms with Crippen molar-refractivity contribution < 1.29 is 9.18 Å². The van der Waals surface area contributed by atoms with Gasteiger partial charge in [0.2, 0.25) is 5.91 Å². The van der Waals surface area contributed by atoms with E-state index in [0.717, 1.165) is 43.3 Å². The molecule has 1 aliphatic heterocycles. The normalized spacial score (nSPS) is 16.8. The molecular weight excluding hydrogens is 381 g/mol. The van der Waals surface area contributed by atoms with Crippen molar-refractivity contribution in [3.05, 3.63) is 78.4 Å². The molecule has 2 aromatic heterocycles. The number of carbonyl (C=O) groups is 1. The van der Waals surface area contributed by atoms with E-state index in [9.17, 15) is 9.18 Å². The Morgan fingerprint density at radius 2 is 1.90 bits per heavy atom. The number of halogens is 1. The second kappa shape index (κ2) is 9.45. The summed E-state index contributed by atoms with van der Waals surface area (Å²) in [6.45, 7) is 1.81. The van der Waals surface area contributed by atoms with E-state index in [1.165, 1.54) is 6.07 Å². The van der Waals surface area contributed by atoms with E-state index < -0.39 is 5.82 Å². The highest BCUT2D eigenvalue weighted by Crippen LogP contribution is 2.27. The van der Waals surface area contributed by atoms with Gasteiger partial charge < -0.3 is 10.6 Å². The molecular formula is C23H24FN5O. The van der Waals surface area contributed by atoms with Crippen LogP contribution < -0.4 is 10.6 Å². The second-order valence-corrected chi connectivity index (χ2v) is 7.39. The number of amides is 1. The molecule has 0 saturated carbocycles. The molecule has 1 amide bonds. The topological polar surface area (TPSA) is 70.2 Å². The first-order chi connectivity index (χ1) is 14.7. The summed E-state index contributed by atoms with van der Waals surface area (Å²) < 4.78 is 13.8. The van der Waals surface area contributed by atoms with Gasteiger partial charge in [-0.25, -0.2) is 14.4 Å². The fraction of sp³-hybridized carbons (Fsp3) is 0.261. The number of pyridine rings is 2. The smallest absolute Gasteiger partial charge is 0.238 e. The molecule has 3 heterocycles. The summed E-state index contributed by atoms with van der Waals surface area (Å²) in [5.74, 6) is 1.10. The Bertz CT molecular complexity index is 998. The van der Waals surface area contributed by atoms with Crippen molar-refractivity contribution in [1.82, 2.24) is 14.9 Å². The van der Waals surface area contributed by atoms with Crippen LogP contribution in [0.5, 0.6) is 0 Å². The molecule has 1 aromatic carbocycles. The van der Waals surface area contributed by atoms with Gasteiger partial charge in [0.15, 0.2) is 0 Å². The molecule has 1 saturated heterocycles. The van der Waals surface area contributed by atoms with Crippen molar-refractivity contribution in [2.24, 2.45) is 0 Å². The highest BCUT2D eigenvalue weighted by Gasteiger charge is 2.24. The summed E-state index contributed by atoms with van der Waals surface area (Å²) in [6.07, 6.45) is 3.74. The summed E-state index contributed by atoms with van der Waals surface area (Å²) in [5.41, 5.74) is 1.21. The zero-order valence-corrected chi connectivity index (χ0v) is 16.6. The zero-order valence-electron chi connectivity index (χ0n) is 16.6. The quantitative estimate of drug-likeness (QED) is 0.644. The number of piperidine rings is 1. The molecule has 2 N–H and O–H groups in total. The number of aromatic nitrogens is 2. The molecule has 4 rings (SSSR count). The van der Waals surface area contributed by atoms with Gasteiger partial charge >= 0.3 is 0 Å². The summed E-state index contributed by atoms with van der Waals surface area (Å²) in [4.78, 5) is 23.5. The molecule has 1 fully saturated rings. The second-order valence-electron chi connectivity index (χ2n) is 7.39. The van der Waals surface area contributed by atoms with Crippen LogP contribution in [-0.2, 0) is 4.79 Å². The Morgan fingerprint density at radius 3 is 2.73 bits per heavy atom. The molecule has 6 nitrogen and oxygen atoms in total. The molecule has 30 heavy (non-hydrogen) atoms. The van der Waals surface area contributed by atoms with Crippen LogP contribution in [0.15, 0.2) is 66.9 Å². The minimum atomic E-state index is -0.427. The predicted octanol–water partition coefficient (Wildman–Crippen LogP) is 4.18. The number of nitrogens with zero attached hydrogens (tertiary/aromatic N) is 3. The van der Waals surface area contributed by atoms with Gasteiger partial charge in [-0.2, -0.15) is 0 Å². The number of anilines is 3. The molecule has 154 valence electrons. The van der Waals surface area contributed by atoms with E-state index in [0.29, 0.717) is 0 Å². The monoisotopic (exact) mass is 405 g/mol. The standard InChI is InChI=1S/C23H24FN5O/c24-18-8-1-2-9-20(18)27-23(30)16-29-14-6-7-17(15-29)19-10-5-12-22(26-19)28-21-11-3-4-13-25-21/h1-5,8-13,17H,6-7,14-16H2,(H,27,30)(H,25,26,28)/t17-/m1/s1. The van der Waals surface area contributed by atoms with Gasteiger partial charge in [0.05, 0.1) is 12.2 Å². The number of rotatable bonds is 6. The van der Waals surface area contributed by atoms with Crippen molar-refractivity contribution in [2.75, 3.05) is 30.3 Å². The van der Waals surface area contributed by atoms with Gasteiger partial charge in [0.25, 0.3) is 0 Å². The molecule has 1 aliphatic rings. The summed E-state index contributed by atoms with van der Waals surface area (Å²) in [7, 11) is 0. The van der Waals surface area contributed by atoms with Crippen LogP contribution in [0.1, 0.15) is 24.5 Å². The molecule has 3 aromatic rings. The number of hydrogen-bond acceptors (Lipinski definition) is 5. The Hall–Kier alpha value is -3.32. The lowest BCUT2D eigenvalue weighted by Crippen LogP contribution is -2.40. The lowest BCUT2D eigenvalue weighted by Gasteiger charge is -2.32. The Kier molecular flexibility index (Phi) is 6.29. The maximum absolute atomic E-state index is 13.8. The van der Waals surface area contributed by atoms with Gasteiger partial charge in [0, 0.05) is 24.4 Å². The van der Waals surface area contributed by atoms with Crippen LogP contribution in [0.3, 0.4) is 0 Å². The average Bonchev–Trinajstić information content (AvgIpc) is 2.76. The van der Waals surface area contributed by atoms with E-state index in [1.807, 2.05) is 36.4 Å². The minimum Gasteiger partial charge on any atom is -0.325 e. The molecule has 0 bridgehead atoms. The summed E-state index contributed by atoms with van der Waals surface area (Å²) >= 11 is 0. The van der Waals surface area contributed by atoms with Gasteiger partial charge in [-0.1, -0.05) is 24.3 Å². The maximum Gasteiger partial charge on any atom is 0.238 e. The minimum absolute atomic E-state index is 0.209. The molecule has 1 atom stereocenters. The number of benzene rings is 1. The predicted molar refractivity (Wildman–Crippen MR) is 115 cm³/mol. The molecule has 0 spiro atoms. The van der Waals surface area contributed by atoms with Crippen molar-refractivity contribution in [3.63, 3.8) is 0 Å². The SMILES string of the molecule is O=C(CN1CCC[C@@H](c2cccc(Nc3ccccn3)n2)C1)Nc1ccccc1F. The molecule has 0 unspecified atom stereocenters. The van der Waals surface area contributed by atoms with Gasteiger partial charge in [-0.05, 0) is 55.8 Å². The third-order valence-corrected chi connectivity index (χ3v) is 5.13. The first-order valence-electron chi connectivity index (χ1n) is 10.1. The molecule has 0 radical (unpaired) electrons. The van der Waals surface area contributed by atoms with E-state index in [4.69, 9.17) is 4.98 Å². The molecule has 0 aliphatic carbocycles. The van der Waals surface area contributed by atoms with Gasteiger partial charge in [-0.15, -0.1) is 0 Å². The van der Waals surface area contributed by atoms with Crippen LogP contribution in [0.4, 0.5) is 21.7 Å². The van der Waals surface area contributed by atoms with Crippen molar-refractivity contribution >= 4 is 23.2 Å². The van der Waals surface area contributed by atoms with Crippen molar-refractivity contribution in [3.8, 4) is 0 Å². The van der Waals surface area contributed by atoms with Crippen LogP contribution in [0.2, 0.25) is 0 Å². The highest BCUT2D eigenvalue weighted by molar-refractivity contribution is 5.92. The average molecular weight is 405 g/mol. The number of nitrogens with one attached hydrogen (secondary N) is 2. The van der Waals surface area contributed by atoms with Gasteiger partial charge in [-0.3, -0.25) is 9.69 Å². The van der Waals surface area contributed by atoms with Crippen LogP contribution in [0.25, 0.3) is 0 Å². The zero-order chi connectivity index (χ0) is 20.8. The van der Waals surface area contributed by atoms with Gasteiger partial charge in [0.1, 0.15) is 17.5 Å². The summed E-state index contributed by atoms with van der Waals surface area (Å²) in [6, 6.07) is 17.8. The van der Waals surface area contributed by atoms with E-state index >= 15 is 0 Å².